The summed E-state index contributed by atoms with van der Waals surface area (Å²) < 4.78 is 27.7. The summed E-state index contributed by atoms with van der Waals surface area (Å²) in [6.07, 6.45) is 3.41. The largest absolute Gasteiger partial charge is 0.481 e. The van der Waals surface area contributed by atoms with E-state index in [0.29, 0.717) is 12.3 Å². The van der Waals surface area contributed by atoms with E-state index in [2.05, 4.69) is 10.3 Å². The highest BCUT2D eigenvalue weighted by molar-refractivity contribution is 7.90. The van der Waals surface area contributed by atoms with E-state index in [-0.39, 0.29) is 11.8 Å². The number of nitrogens with one attached hydrogen (secondary N) is 1. The molecule has 0 aliphatic rings. The van der Waals surface area contributed by atoms with E-state index >= 15 is 0 Å². The normalized spacial score (nSPS) is 13.3. The fourth-order valence-electron chi connectivity index (χ4n) is 1.78. The Morgan fingerprint density at radius 2 is 2.22 bits per heavy atom. The lowest BCUT2D eigenvalue weighted by molar-refractivity contribution is 0.381. The van der Waals surface area contributed by atoms with Crippen molar-refractivity contribution in [3.8, 4) is 5.88 Å². The predicted molar refractivity (Wildman–Crippen MR) is 71.5 cm³/mol. The van der Waals surface area contributed by atoms with Gasteiger partial charge in [0, 0.05) is 24.1 Å². The van der Waals surface area contributed by atoms with Gasteiger partial charge in [0.2, 0.25) is 5.88 Å². The molecular formula is C12H20N2O3S. The fraction of sp³-hybridized carbons (Fsp3) is 0.583. The molecule has 0 bridgehead atoms. The van der Waals surface area contributed by atoms with Gasteiger partial charge in [0.05, 0.1) is 12.9 Å². The fourth-order valence-corrected chi connectivity index (χ4v) is 2.45. The Labute approximate surface area is 108 Å². The van der Waals surface area contributed by atoms with Crippen LogP contribution in [0.1, 0.15) is 24.9 Å². The zero-order chi connectivity index (χ0) is 13.6. The third kappa shape index (κ3) is 4.62. The van der Waals surface area contributed by atoms with Crippen LogP contribution < -0.4 is 10.1 Å². The van der Waals surface area contributed by atoms with Gasteiger partial charge in [0.25, 0.3) is 0 Å². The number of hydrogen-bond donors (Lipinski definition) is 1. The molecule has 5 nitrogen and oxygen atoms in total. The minimum atomic E-state index is -2.97. The van der Waals surface area contributed by atoms with Gasteiger partial charge in [-0.15, -0.1) is 0 Å². The lowest BCUT2D eigenvalue weighted by Crippen LogP contribution is -2.24. The van der Waals surface area contributed by atoms with Crippen LogP contribution in [-0.2, 0) is 9.84 Å². The molecule has 0 aromatic carbocycles. The molecule has 1 unspecified atom stereocenters. The maximum atomic E-state index is 11.3. The summed E-state index contributed by atoms with van der Waals surface area (Å²) in [4.78, 5) is 4.13. The van der Waals surface area contributed by atoms with Gasteiger partial charge >= 0.3 is 0 Å². The van der Waals surface area contributed by atoms with Crippen molar-refractivity contribution in [2.24, 2.45) is 0 Å². The molecule has 0 amide bonds. The molecule has 0 saturated heterocycles. The number of pyridine rings is 1. The first kappa shape index (κ1) is 14.9. The van der Waals surface area contributed by atoms with Crippen LogP contribution in [0.25, 0.3) is 0 Å². The quantitative estimate of drug-likeness (QED) is 0.807. The lowest BCUT2D eigenvalue weighted by Gasteiger charge is -2.19. The second-order valence-electron chi connectivity index (χ2n) is 4.13. The van der Waals surface area contributed by atoms with E-state index in [0.717, 1.165) is 12.1 Å². The molecular weight excluding hydrogens is 252 g/mol. The zero-order valence-electron chi connectivity index (χ0n) is 11.0. The molecule has 1 aromatic heterocycles. The van der Waals surface area contributed by atoms with Gasteiger partial charge in [-0.3, -0.25) is 0 Å². The average molecular weight is 272 g/mol. The molecule has 1 N–H and O–H groups in total. The summed E-state index contributed by atoms with van der Waals surface area (Å²) in [5, 5.41) is 3.26. The van der Waals surface area contributed by atoms with E-state index < -0.39 is 9.84 Å². The molecule has 18 heavy (non-hydrogen) atoms. The smallest absolute Gasteiger partial charge is 0.217 e. The maximum Gasteiger partial charge on any atom is 0.217 e. The van der Waals surface area contributed by atoms with Crippen LogP contribution in [0.3, 0.4) is 0 Å². The van der Waals surface area contributed by atoms with Gasteiger partial charge in [-0.1, -0.05) is 13.0 Å². The summed E-state index contributed by atoms with van der Waals surface area (Å²) in [7, 11) is -1.41. The Kier molecular flexibility index (Phi) is 5.55. The van der Waals surface area contributed by atoms with E-state index in [9.17, 15) is 8.42 Å². The van der Waals surface area contributed by atoms with Gasteiger partial charge in [0.15, 0.2) is 0 Å². The van der Waals surface area contributed by atoms with Gasteiger partial charge in [-0.25, -0.2) is 13.4 Å². The lowest BCUT2D eigenvalue weighted by atomic mass is 10.1. The summed E-state index contributed by atoms with van der Waals surface area (Å²) in [5.74, 6) is 0.680. The van der Waals surface area contributed by atoms with Crippen molar-refractivity contribution in [2.75, 3.05) is 25.7 Å². The highest BCUT2D eigenvalue weighted by Crippen LogP contribution is 2.25. The topological polar surface area (TPSA) is 68.3 Å². The standard InChI is InChI=1S/C12H20N2O3S/c1-4-13-11(7-9-18(3,15)16)10-6-5-8-14-12(10)17-2/h5-6,8,11,13H,4,7,9H2,1-3H3. The Morgan fingerprint density at radius 1 is 1.50 bits per heavy atom. The molecule has 0 saturated carbocycles. The summed E-state index contributed by atoms with van der Waals surface area (Å²) in [5.41, 5.74) is 0.894. The molecule has 1 atom stereocenters. The second-order valence-corrected chi connectivity index (χ2v) is 6.39. The van der Waals surface area contributed by atoms with Crippen molar-refractivity contribution in [3.63, 3.8) is 0 Å². The molecule has 1 aromatic rings. The third-order valence-electron chi connectivity index (χ3n) is 2.60. The number of ether oxygens (including phenoxy) is 1. The zero-order valence-corrected chi connectivity index (χ0v) is 11.8. The Balaban J connectivity index is 2.89. The van der Waals surface area contributed by atoms with Crippen molar-refractivity contribution in [2.45, 2.75) is 19.4 Å². The summed E-state index contributed by atoms with van der Waals surface area (Å²) in [6, 6.07) is 3.66. The van der Waals surface area contributed by atoms with E-state index in [1.54, 1.807) is 13.3 Å². The molecule has 0 aliphatic heterocycles. The number of sulfone groups is 1. The minimum Gasteiger partial charge on any atom is -0.481 e. The van der Waals surface area contributed by atoms with Crippen LogP contribution >= 0.6 is 0 Å². The first-order chi connectivity index (χ1) is 8.48. The van der Waals surface area contributed by atoms with Crippen LogP contribution in [-0.4, -0.2) is 39.1 Å². The molecule has 102 valence electrons. The van der Waals surface area contributed by atoms with Crippen LogP contribution in [0.2, 0.25) is 0 Å². The Bertz CT molecular complexity index is 474. The van der Waals surface area contributed by atoms with E-state index in [1.165, 1.54) is 6.26 Å². The second kappa shape index (κ2) is 6.70. The Morgan fingerprint density at radius 3 is 2.78 bits per heavy atom. The third-order valence-corrected chi connectivity index (χ3v) is 3.57. The van der Waals surface area contributed by atoms with Crippen LogP contribution in [0.4, 0.5) is 0 Å². The van der Waals surface area contributed by atoms with Crippen LogP contribution in [0.5, 0.6) is 5.88 Å². The van der Waals surface area contributed by atoms with Crippen molar-refractivity contribution >= 4 is 9.84 Å². The Hall–Kier alpha value is -1.14. The van der Waals surface area contributed by atoms with Crippen LogP contribution in [0, 0.1) is 0 Å². The monoisotopic (exact) mass is 272 g/mol. The number of rotatable bonds is 7. The molecule has 0 fully saturated rings. The van der Waals surface area contributed by atoms with Crippen LogP contribution in [0.15, 0.2) is 18.3 Å². The molecule has 0 aliphatic carbocycles. The molecule has 0 spiro atoms. The number of aromatic nitrogens is 1. The van der Waals surface area contributed by atoms with Gasteiger partial charge < -0.3 is 10.1 Å². The molecule has 1 heterocycles. The first-order valence-electron chi connectivity index (χ1n) is 5.88. The molecule has 1 rings (SSSR count). The van der Waals surface area contributed by atoms with Gasteiger partial charge in [0.1, 0.15) is 9.84 Å². The van der Waals surface area contributed by atoms with E-state index in [1.807, 2.05) is 19.1 Å². The number of methoxy groups -OCH3 is 1. The summed E-state index contributed by atoms with van der Waals surface area (Å²) in [6.45, 7) is 2.74. The number of hydrogen-bond acceptors (Lipinski definition) is 5. The molecule has 0 radical (unpaired) electrons. The van der Waals surface area contributed by atoms with Gasteiger partial charge in [-0.05, 0) is 19.0 Å². The highest BCUT2D eigenvalue weighted by atomic mass is 32.2. The van der Waals surface area contributed by atoms with E-state index in [4.69, 9.17) is 4.74 Å². The van der Waals surface area contributed by atoms with Gasteiger partial charge in [-0.2, -0.15) is 0 Å². The average Bonchev–Trinajstić information content (AvgIpc) is 2.33. The maximum absolute atomic E-state index is 11.3. The van der Waals surface area contributed by atoms with Crippen molar-refractivity contribution in [1.29, 1.82) is 0 Å². The predicted octanol–water partition coefficient (Wildman–Crippen LogP) is 1.18. The SMILES string of the molecule is CCNC(CCS(C)(=O)=O)c1cccnc1OC. The first-order valence-corrected chi connectivity index (χ1v) is 7.94. The van der Waals surface area contributed by atoms with Crippen molar-refractivity contribution in [1.82, 2.24) is 10.3 Å². The van der Waals surface area contributed by atoms with Crippen molar-refractivity contribution < 1.29 is 13.2 Å². The number of nitrogens with zero attached hydrogens (tertiary/aromatic N) is 1. The highest BCUT2D eigenvalue weighted by Gasteiger charge is 2.17. The molecule has 6 heteroatoms. The minimum absolute atomic E-state index is 0.0617. The summed E-state index contributed by atoms with van der Waals surface area (Å²) >= 11 is 0. The van der Waals surface area contributed by atoms with Crippen molar-refractivity contribution in [3.05, 3.63) is 23.9 Å².